The van der Waals surface area contributed by atoms with E-state index in [4.69, 9.17) is 23.2 Å². The summed E-state index contributed by atoms with van der Waals surface area (Å²) < 4.78 is 3.83. The van der Waals surface area contributed by atoms with Crippen LogP contribution in [0.25, 0.3) is 11.3 Å². The SMILES string of the molecule is Cc1c(C(=O)Nc2cnn(C)c2CCCCl)cc(-c2cc(Cl)ccc2CN2CCc3c(O)cccc3C2)n1C. The Morgan fingerprint density at radius 2 is 2.00 bits per heavy atom. The van der Waals surface area contributed by atoms with Gasteiger partial charge in [-0.1, -0.05) is 29.8 Å². The van der Waals surface area contributed by atoms with Gasteiger partial charge in [0.2, 0.25) is 0 Å². The van der Waals surface area contributed by atoms with Crippen LogP contribution in [0.1, 0.15) is 44.9 Å². The molecule has 0 unspecified atom stereocenters. The Morgan fingerprint density at radius 3 is 2.79 bits per heavy atom. The Labute approximate surface area is 239 Å². The van der Waals surface area contributed by atoms with E-state index in [1.54, 1.807) is 16.9 Å². The van der Waals surface area contributed by atoms with Crippen molar-refractivity contribution in [2.45, 2.75) is 39.3 Å². The van der Waals surface area contributed by atoms with E-state index in [9.17, 15) is 9.90 Å². The van der Waals surface area contributed by atoms with Crippen molar-refractivity contribution in [1.29, 1.82) is 0 Å². The van der Waals surface area contributed by atoms with Crippen molar-refractivity contribution in [3.05, 3.63) is 87.3 Å². The Kier molecular flexibility index (Phi) is 8.03. The number of rotatable bonds is 8. The highest BCUT2D eigenvalue weighted by Gasteiger charge is 2.23. The lowest BCUT2D eigenvalue weighted by atomic mass is 9.97. The third-order valence-electron chi connectivity index (χ3n) is 7.70. The van der Waals surface area contributed by atoms with E-state index in [2.05, 4.69) is 27.4 Å². The summed E-state index contributed by atoms with van der Waals surface area (Å²) >= 11 is 12.4. The number of fused-ring (bicyclic) bond motifs is 1. The van der Waals surface area contributed by atoms with E-state index in [1.165, 1.54) is 0 Å². The molecule has 2 aromatic carbocycles. The van der Waals surface area contributed by atoms with Crippen molar-refractivity contribution in [1.82, 2.24) is 19.2 Å². The number of anilines is 1. The van der Waals surface area contributed by atoms with Crippen LogP contribution >= 0.6 is 23.2 Å². The Hall–Kier alpha value is -3.26. The molecule has 0 fully saturated rings. The number of carbonyl (C=O) groups excluding carboxylic acids is 1. The van der Waals surface area contributed by atoms with Gasteiger partial charge in [0.1, 0.15) is 5.75 Å². The van der Waals surface area contributed by atoms with Gasteiger partial charge in [0.25, 0.3) is 5.91 Å². The third-order valence-corrected chi connectivity index (χ3v) is 8.20. The summed E-state index contributed by atoms with van der Waals surface area (Å²) in [6.45, 7) is 4.30. The summed E-state index contributed by atoms with van der Waals surface area (Å²) in [4.78, 5) is 15.8. The molecular weight excluding hydrogens is 533 g/mol. The average molecular weight is 567 g/mol. The second-order valence-electron chi connectivity index (χ2n) is 10.1. The van der Waals surface area contributed by atoms with Crippen LogP contribution in [0.5, 0.6) is 5.75 Å². The number of aromatic nitrogens is 3. The highest BCUT2D eigenvalue weighted by Crippen LogP contribution is 2.33. The standard InChI is InChI=1S/C30H33Cl2N5O2/c1-19-24(30(39)34-26-16-33-36(3)27(26)7-5-12-31)15-28(35(19)2)25-14-22(32)10-9-21(25)18-37-13-11-23-20(17-37)6-4-8-29(23)38/h4,6,8-10,14-16,38H,5,7,11-13,17-18H2,1-3H3,(H,34,39). The van der Waals surface area contributed by atoms with Crippen molar-refractivity contribution in [2.75, 3.05) is 17.7 Å². The summed E-state index contributed by atoms with van der Waals surface area (Å²) in [5.41, 5.74) is 8.38. The van der Waals surface area contributed by atoms with Crippen molar-refractivity contribution >= 4 is 34.8 Å². The molecule has 0 bridgehead atoms. The van der Waals surface area contributed by atoms with Gasteiger partial charge < -0.3 is 15.0 Å². The lowest BCUT2D eigenvalue weighted by Crippen LogP contribution is -2.30. The van der Waals surface area contributed by atoms with Gasteiger partial charge in [0.15, 0.2) is 0 Å². The zero-order chi connectivity index (χ0) is 27.7. The molecule has 2 aromatic heterocycles. The summed E-state index contributed by atoms with van der Waals surface area (Å²) in [5, 5.41) is 18.3. The highest BCUT2D eigenvalue weighted by molar-refractivity contribution is 6.30. The van der Waals surface area contributed by atoms with Gasteiger partial charge in [-0.2, -0.15) is 5.10 Å². The molecule has 4 aromatic rings. The molecule has 3 heterocycles. The quantitative estimate of drug-likeness (QED) is 0.254. The number of hydrogen-bond acceptors (Lipinski definition) is 4. The lowest BCUT2D eigenvalue weighted by Gasteiger charge is -2.30. The minimum Gasteiger partial charge on any atom is -0.508 e. The number of hydrogen-bond donors (Lipinski definition) is 2. The van der Waals surface area contributed by atoms with Crippen LogP contribution < -0.4 is 5.32 Å². The molecule has 0 spiro atoms. The summed E-state index contributed by atoms with van der Waals surface area (Å²) in [5.74, 6) is 0.751. The molecule has 0 atom stereocenters. The molecule has 39 heavy (non-hydrogen) atoms. The Bertz CT molecular complexity index is 1520. The number of aromatic hydroxyl groups is 1. The van der Waals surface area contributed by atoms with Crippen LogP contribution in [0.15, 0.2) is 48.7 Å². The van der Waals surface area contributed by atoms with Crippen molar-refractivity contribution in [2.24, 2.45) is 14.1 Å². The number of aryl methyl sites for hydroxylation is 1. The van der Waals surface area contributed by atoms with Crippen molar-refractivity contribution in [3.8, 4) is 17.0 Å². The van der Waals surface area contributed by atoms with Gasteiger partial charge in [0.05, 0.1) is 23.1 Å². The topological polar surface area (TPSA) is 75.3 Å². The maximum atomic E-state index is 13.4. The molecule has 7 nitrogen and oxygen atoms in total. The first-order valence-electron chi connectivity index (χ1n) is 13.1. The van der Waals surface area contributed by atoms with E-state index in [0.717, 1.165) is 78.2 Å². The fourth-order valence-corrected chi connectivity index (χ4v) is 5.73. The molecule has 0 saturated carbocycles. The number of benzene rings is 2. The smallest absolute Gasteiger partial charge is 0.257 e. The van der Waals surface area contributed by atoms with E-state index < -0.39 is 0 Å². The number of phenolic OH excluding ortho intramolecular Hbond substituents is 1. The first kappa shape index (κ1) is 27.3. The largest absolute Gasteiger partial charge is 0.508 e. The zero-order valence-electron chi connectivity index (χ0n) is 22.5. The van der Waals surface area contributed by atoms with Gasteiger partial charge in [0, 0.05) is 61.6 Å². The molecular formula is C30H33Cl2N5O2. The number of nitrogens with one attached hydrogen (secondary N) is 1. The van der Waals surface area contributed by atoms with Crippen LogP contribution in [0.4, 0.5) is 5.69 Å². The van der Waals surface area contributed by atoms with Gasteiger partial charge in [-0.05, 0) is 67.1 Å². The van der Waals surface area contributed by atoms with Gasteiger partial charge in [-0.3, -0.25) is 14.4 Å². The molecule has 2 N–H and O–H groups in total. The summed E-state index contributed by atoms with van der Waals surface area (Å²) in [6.07, 6.45) is 4.03. The molecule has 5 rings (SSSR count). The molecule has 1 aliphatic heterocycles. The van der Waals surface area contributed by atoms with E-state index >= 15 is 0 Å². The van der Waals surface area contributed by atoms with Crippen LogP contribution in [-0.2, 0) is 40.0 Å². The predicted molar refractivity (Wildman–Crippen MR) is 157 cm³/mol. The molecule has 0 radical (unpaired) electrons. The second-order valence-corrected chi connectivity index (χ2v) is 11.0. The summed E-state index contributed by atoms with van der Waals surface area (Å²) in [6, 6.07) is 13.6. The molecule has 204 valence electrons. The van der Waals surface area contributed by atoms with Crippen molar-refractivity contribution in [3.63, 3.8) is 0 Å². The zero-order valence-corrected chi connectivity index (χ0v) is 24.0. The minimum atomic E-state index is -0.175. The molecule has 0 aliphatic carbocycles. The first-order chi connectivity index (χ1) is 18.8. The van der Waals surface area contributed by atoms with Crippen LogP contribution in [0.2, 0.25) is 5.02 Å². The van der Waals surface area contributed by atoms with Gasteiger partial charge >= 0.3 is 0 Å². The van der Waals surface area contributed by atoms with Crippen LogP contribution in [-0.4, -0.2) is 42.7 Å². The van der Waals surface area contributed by atoms with E-state index in [1.807, 2.05) is 49.9 Å². The maximum absolute atomic E-state index is 13.4. The van der Waals surface area contributed by atoms with E-state index in [0.29, 0.717) is 27.9 Å². The van der Waals surface area contributed by atoms with Gasteiger partial charge in [-0.25, -0.2) is 0 Å². The Morgan fingerprint density at radius 1 is 1.18 bits per heavy atom. The first-order valence-corrected chi connectivity index (χ1v) is 14.0. The summed E-state index contributed by atoms with van der Waals surface area (Å²) in [7, 11) is 3.84. The number of carbonyl (C=O) groups is 1. The monoisotopic (exact) mass is 565 g/mol. The van der Waals surface area contributed by atoms with Crippen molar-refractivity contribution < 1.29 is 9.90 Å². The normalized spacial score (nSPS) is 13.5. The third kappa shape index (κ3) is 5.57. The number of phenols is 1. The lowest BCUT2D eigenvalue weighted by molar-refractivity contribution is 0.102. The maximum Gasteiger partial charge on any atom is 0.257 e. The fourth-order valence-electron chi connectivity index (χ4n) is 5.42. The molecule has 1 aliphatic rings. The van der Waals surface area contributed by atoms with Crippen LogP contribution in [0.3, 0.4) is 0 Å². The predicted octanol–water partition coefficient (Wildman–Crippen LogP) is 6.08. The number of halogens is 2. The number of alkyl halides is 1. The molecule has 0 saturated heterocycles. The molecule has 9 heteroatoms. The fraction of sp³-hybridized carbons (Fsp3) is 0.333. The Balaban J connectivity index is 1.42. The van der Waals surface area contributed by atoms with Gasteiger partial charge in [-0.15, -0.1) is 11.6 Å². The number of nitrogens with zero attached hydrogens (tertiary/aromatic N) is 4. The second kappa shape index (κ2) is 11.5. The van der Waals surface area contributed by atoms with Crippen LogP contribution in [0, 0.1) is 6.92 Å². The number of amides is 1. The van der Waals surface area contributed by atoms with E-state index in [-0.39, 0.29) is 5.91 Å². The average Bonchev–Trinajstić information content (AvgIpc) is 3.41. The highest BCUT2D eigenvalue weighted by atomic mass is 35.5. The molecule has 1 amide bonds. The minimum absolute atomic E-state index is 0.175.